The molecule has 1 fully saturated rings. The molecule has 3 heteroatoms. The first-order valence-corrected chi connectivity index (χ1v) is 6.57. The molecule has 0 radical (unpaired) electrons. The van der Waals surface area contributed by atoms with Crippen molar-refractivity contribution in [3.63, 3.8) is 0 Å². The van der Waals surface area contributed by atoms with Crippen molar-refractivity contribution >= 4 is 0 Å². The number of methoxy groups -OCH3 is 2. The van der Waals surface area contributed by atoms with Crippen LogP contribution in [0.15, 0.2) is 18.2 Å². The molecule has 0 heterocycles. The number of benzene rings is 1. The summed E-state index contributed by atoms with van der Waals surface area (Å²) >= 11 is 0. The topological polar surface area (TPSA) is 44.5 Å². The third-order valence-electron chi connectivity index (χ3n) is 3.67. The van der Waals surface area contributed by atoms with Crippen molar-refractivity contribution in [2.45, 2.75) is 38.3 Å². The normalized spacial score (nSPS) is 18.4. The molecule has 18 heavy (non-hydrogen) atoms. The highest BCUT2D eigenvalue weighted by atomic mass is 16.5. The van der Waals surface area contributed by atoms with E-state index in [1.165, 1.54) is 24.0 Å². The van der Waals surface area contributed by atoms with Gasteiger partial charge in [0.05, 0.1) is 13.2 Å². The summed E-state index contributed by atoms with van der Waals surface area (Å²) in [4.78, 5) is 0. The molecule has 3 nitrogen and oxygen atoms in total. The van der Waals surface area contributed by atoms with Crippen LogP contribution in [0.2, 0.25) is 0 Å². The van der Waals surface area contributed by atoms with Gasteiger partial charge in [-0.25, -0.2) is 0 Å². The fraction of sp³-hybridized carbons (Fsp3) is 0.600. The first-order chi connectivity index (χ1) is 8.65. The van der Waals surface area contributed by atoms with Crippen molar-refractivity contribution in [2.24, 2.45) is 11.7 Å². The standard InChI is InChI=1S/C15H23NO2/c1-10-4-7-14(17-2)12(8-10)9-13(16)15(18-3)11-5-6-11/h4,7-8,11,13,15H,5-6,9,16H2,1-3H3. The van der Waals surface area contributed by atoms with Crippen molar-refractivity contribution < 1.29 is 9.47 Å². The zero-order valence-electron chi connectivity index (χ0n) is 11.5. The third kappa shape index (κ3) is 3.03. The van der Waals surface area contributed by atoms with Gasteiger partial charge in [0.25, 0.3) is 0 Å². The van der Waals surface area contributed by atoms with E-state index in [0.29, 0.717) is 5.92 Å². The monoisotopic (exact) mass is 249 g/mol. The highest BCUT2D eigenvalue weighted by molar-refractivity contribution is 5.37. The summed E-state index contributed by atoms with van der Waals surface area (Å²) in [6.07, 6.45) is 3.48. The van der Waals surface area contributed by atoms with E-state index >= 15 is 0 Å². The summed E-state index contributed by atoms with van der Waals surface area (Å²) in [6.45, 7) is 2.09. The van der Waals surface area contributed by atoms with Crippen LogP contribution in [-0.2, 0) is 11.2 Å². The lowest BCUT2D eigenvalue weighted by Gasteiger charge is -2.23. The van der Waals surface area contributed by atoms with Crippen LogP contribution in [0.3, 0.4) is 0 Å². The molecule has 100 valence electrons. The van der Waals surface area contributed by atoms with Gasteiger partial charge >= 0.3 is 0 Å². The Morgan fingerprint density at radius 1 is 1.33 bits per heavy atom. The molecule has 0 saturated heterocycles. The van der Waals surface area contributed by atoms with E-state index in [1.54, 1.807) is 14.2 Å². The van der Waals surface area contributed by atoms with Crippen molar-refractivity contribution in [3.05, 3.63) is 29.3 Å². The van der Waals surface area contributed by atoms with E-state index in [4.69, 9.17) is 15.2 Å². The number of rotatable bonds is 6. The molecule has 1 aliphatic rings. The van der Waals surface area contributed by atoms with Crippen LogP contribution >= 0.6 is 0 Å². The smallest absolute Gasteiger partial charge is 0.122 e. The Bertz CT molecular complexity index is 401. The molecular weight excluding hydrogens is 226 g/mol. The maximum Gasteiger partial charge on any atom is 0.122 e. The first-order valence-electron chi connectivity index (χ1n) is 6.57. The molecular formula is C15H23NO2. The number of nitrogens with two attached hydrogens (primary N) is 1. The van der Waals surface area contributed by atoms with Crippen molar-refractivity contribution in [2.75, 3.05) is 14.2 Å². The Kier molecular flexibility index (Phi) is 4.25. The third-order valence-corrected chi connectivity index (χ3v) is 3.67. The lowest BCUT2D eigenvalue weighted by Crippen LogP contribution is -2.39. The van der Waals surface area contributed by atoms with Gasteiger partial charge in [0, 0.05) is 13.2 Å². The van der Waals surface area contributed by atoms with Gasteiger partial charge in [0.1, 0.15) is 5.75 Å². The van der Waals surface area contributed by atoms with Gasteiger partial charge in [-0.3, -0.25) is 0 Å². The maximum absolute atomic E-state index is 6.29. The average molecular weight is 249 g/mol. The molecule has 0 aliphatic heterocycles. The molecule has 1 aliphatic carbocycles. The molecule has 0 amide bonds. The quantitative estimate of drug-likeness (QED) is 0.841. The summed E-state index contributed by atoms with van der Waals surface area (Å²) in [5, 5.41) is 0. The number of aryl methyl sites for hydroxylation is 1. The van der Waals surface area contributed by atoms with Gasteiger partial charge in [-0.05, 0) is 43.7 Å². The average Bonchev–Trinajstić information content (AvgIpc) is 3.15. The minimum absolute atomic E-state index is 0.0400. The van der Waals surface area contributed by atoms with Crippen LogP contribution in [0, 0.1) is 12.8 Å². The molecule has 0 bridgehead atoms. The van der Waals surface area contributed by atoms with E-state index in [2.05, 4.69) is 19.1 Å². The van der Waals surface area contributed by atoms with Gasteiger partial charge < -0.3 is 15.2 Å². The van der Waals surface area contributed by atoms with Gasteiger partial charge in [0.15, 0.2) is 0 Å². The molecule has 2 N–H and O–H groups in total. The molecule has 2 rings (SSSR count). The first kappa shape index (κ1) is 13.4. The zero-order valence-corrected chi connectivity index (χ0v) is 11.5. The second kappa shape index (κ2) is 5.72. The van der Waals surface area contributed by atoms with Crippen LogP contribution in [0.4, 0.5) is 0 Å². The van der Waals surface area contributed by atoms with E-state index < -0.39 is 0 Å². The van der Waals surface area contributed by atoms with E-state index in [-0.39, 0.29) is 12.1 Å². The van der Waals surface area contributed by atoms with Crippen molar-refractivity contribution in [1.29, 1.82) is 0 Å². The Labute approximate surface area is 109 Å². The maximum atomic E-state index is 6.29. The van der Waals surface area contributed by atoms with Crippen LogP contribution in [-0.4, -0.2) is 26.4 Å². The Morgan fingerprint density at radius 2 is 2.06 bits per heavy atom. The zero-order chi connectivity index (χ0) is 13.1. The molecule has 1 aromatic carbocycles. The minimum Gasteiger partial charge on any atom is -0.496 e. The predicted octanol–water partition coefficient (Wildman–Crippen LogP) is 2.30. The fourth-order valence-corrected chi connectivity index (χ4v) is 2.58. The van der Waals surface area contributed by atoms with E-state index in [0.717, 1.165) is 12.2 Å². The van der Waals surface area contributed by atoms with Crippen LogP contribution < -0.4 is 10.5 Å². The highest BCUT2D eigenvalue weighted by Crippen LogP contribution is 2.36. The van der Waals surface area contributed by atoms with Crippen LogP contribution in [0.5, 0.6) is 5.75 Å². The minimum atomic E-state index is 0.0400. The summed E-state index contributed by atoms with van der Waals surface area (Å²) in [5.41, 5.74) is 8.70. The van der Waals surface area contributed by atoms with Crippen LogP contribution in [0.1, 0.15) is 24.0 Å². The van der Waals surface area contributed by atoms with Gasteiger partial charge in [-0.15, -0.1) is 0 Å². The number of hydrogen-bond acceptors (Lipinski definition) is 3. The fourth-order valence-electron chi connectivity index (χ4n) is 2.58. The molecule has 0 aromatic heterocycles. The molecule has 0 spiro atoms. The largest absolute Gasteiger partial charge is 0.496 e. The lowest BCUT2D eigenvalue weighted by molar-refractivity contribution is 0.0625. The second-order valence-electron chi connectivity index (χ2n) is 5.22. The summed E-state index contributed by atoms with van der Waals surface area (Å²) in [6, 6.07) is 6.26. The Morgan fingerprint density at radius 3 is 2.61 bits per heavy atom. The highest BCUT2D eigenvalue weighted by Gasteiger charge is 2.35. The molecule has 1 saturated carbocycles. The van der Waals surface area contributed by atoms with Gasteiger partial charge in [0.2, 0.25) is 0 Å². The lowest BCUT2D eigenvalue weighted by atomic mass is 9.97. The second-order valence-corrected chi connectivity index (χ2v) is 5.22. The molecule has 2 unspecified atom stereocenters. The number of ether oxygens (including phenoxy) is 2. The predicted molar refractivity (Wildman–Crippen MR) is 72.9 cm³/mol. The van der Waals surface area contributed by atoms with Crippen molar-refractivity contribution in [3.8, 4) is 5.75 Å². The molecule has 1 aromatic rings. The summed E-state index contributed by atoms with van der Waals surface area (Å²) in [7, 11) is 3.46. The summed E-state index contributed by atoms with van der Waals surface area (Å²) in [5.74, 6) is 1.57. The van der Waals surface area contributed by atoms with E-state index in [9.17, 15) is 0 Å². The van der Waals surface area contributed by atoms with Gasteiger partial charge in [-0.1, -0.05) is 17.7 Å². The van der Waals surface area contributed by atoms with Gasteiger partial charge in [-0.2, -0.15) is 0 Å². The van der Waals surface area contributed by atoms with Crippen LogP contribution in [0.25, 0.3) is 0 Å². The SMILES string of the molecule is COc1ccc(C)cc1CC(N)C(OC)C1CC1. The molecule has 2 atom stereocenters. The number of hydrogen-bond donors (Lipinski definition) is 1. The summed E-state index contributed by atoms with van der Waals surface area (Å²) < 4.78 is 10.9. The van der Waals surface area contributed by atoms with Crippen molar-refractivity contribution in [1.82, 2.24) is 0 Å². The Hall–Kier alpha value is -1.06. The Balaban J connectivity index is 2.09. The van der Waals surface area contributed by atoms with E-state index in [1.807, 2.05) is 6.07 Å².